The van der Waals surface area contributed by atoms with Crippen molar-refractivity contribution in [3.8, 4) is 0 Å². The van der Waals surface area contributed by atoms with E-state index in [0.717, 1.165) is 0 Å². The number of nitrogens with zero attached hydrogens (tertiary/aromatic N) is 1. The van der Waals surface area contributed by atoms with Crippen LogP contribution in [0.2, 0.25) is 0 Å². The van der Waals surface area contributed by atoms with Gasteiger partial charge in [0.25, 0.3) is 0 Å². The fourth-order valence-electron chi connectivity index (χ4n) is 4.94. The number of benzene rings is 1. The van der Waals surface area contributed by atoms with Crippen LogP contribution in [0.4, 0.5) is 0 Å². The highest BCUT2D eigenvalue weighted by Gasteiger charge is 2.55. The summed E-state index contributed by atoms with van der Waals surface area (Å²) in [5, 5.41) is 2.13. The smallest absolute Gasteiger partial charge is 0.0887 e. The van der Waals surface area contributed by atoms with E-state index >= 15 is 0 Å². The van der Waals surface area contributed by atoms with Gasteiger partial charge in [-0.3, -0.25) is 4.84 Å². The Labute approximate surface area is 129 Å². The summed E-state index contributed by atoms with van der Waals surface area (Å²) in [7, 11) is 2.11. The molecule has 0 spiro atoms. The predicted octanol–water partition coefficient (Wildman–Crippen LogP) is 4.32. The molecule has 1 aromatic rings. The largest absolute Gasteiger partial charge is 0.293 e. The first-order valence-corrected chi connectivity index (χ1v) is 8.22. The maximum Gasteiger partial charge on any atom is 0.0887 e. The van der Waals surface area contributed by atoms with Gasteiger partial charge in [-0.25, -0.2) is 0 Å². The minimum Gasteiger partial charge on any atom is -0.293 e. The van der Waals surface area contributed by atoms with Crippen molar-refractivity contribution in [2.75, 3.05) is 7.05 Å². The first kappa shape index (κ1) is 15.1. The van der Waals surface area contributed by atoms with Gasteiger partial charge in [-0.2, -0.15) is 5.06 Å². The molecule has 4 unspecified atom stereocenters. The minimum absolute atomic E-state index is 0.0564. The Hall–Kier alpha value is -0.860. The van der Waals surface area contributed by atoms with Gasteiger partial charge in [0.2, 0.25) is 0 Å². The Kier molecular flexibility index (Phi) is 3.46. The molecule has 21 heavy (non-hydrogen) atoms. The molecule has 1 heterocycles. The average Bonchev–Trinajstić information content (AvgIpc) is 2.59. The van der Waals surface area contributed by atoms with Gasteiger partial charge in [-0.15, -0.1) is 0 Å². The molecule has 0 radical (unpaired) electrons. The Morgan fingerprint density at radius 2 is 1.90 bits per heavy atom. The van der Waals surface area contributed by atoms with E-state index in [0.29, 0.717) is 17.9 Å². The van der Waals surface area contributed by atoms with E-state index in [-0.39, 0.29) is 11.0 Å². The molecule has 2 nitrogen and oxygen atoms in total. The molecule has 3 rings (SSSR count). The van der Waals surface area contributed by atoms with Crippen molar-refractivity contribution in [1.29, 1.82) is 0 Å². The highest BCUT2D eigenvalue weighted by Crippen LogP contribution is 2.53. The summed E-state index contributed by atoms with van der Waals surface area (Å²) in [4.78, 5) is 6.15. The molecule has 116 valence electrons. The molecule has 1 aromatic carbocycles. The van der Waals surface area contributed by atoms with E-state index in [2.05, 4.69) is 71.0 Å². The van der Waals surface area contributed by atoms with Crippen LogP contribution in [0.1, 0.15) is 51.7 Å². The van der Waals surface area contributed by atoms with Crippen LogP contribution in [-0.2, 0) is 10.3 Å². The lowest BCUT2D eigenvalue weighted by Gasteiger charge is -2.46. The first-order chi connectivity index (χ1) is 9.73. The lowest BCUT2D eigenvalue weighted by atomic mass is 9.59. The number of hydrogen-bond acceptors (Lipinski definition) is 2. The summed E-state index contributed by atoms with van der Waals surface area (Å²) in [6, 6.07) is 9.64. The van der Waals surface area contributed by atoms with Gasteiger partial charge in [0.05, 0.1) is 5.60 Å². The molecule has 1 aliphatic carbocycles. The summed E-state index contributed by atoms with van der Waals surface area (Å²) in [6.45, 7) is 11.5. The zero-order valence-corrected chi connectivity index (χ0v) is 14.3. The molecule has 1 saturated carbocycles. The topological polar surface area (TPSA) is 12.5 Å². The molecular weight excluding hydrogens is 258 g/mol. The molecule has 4 atom stereocenters. The summed E-state index contributed by atoms with van der Waals surface area (Å²) in [5.41, 5.74) is 3.07. The summed E-state index contributed by atoms with van der Waals surface area (Å²) in [6.07, 6.45) is 2.45. The molecule has 1 aliphatic heterocycles. The Morgan fingerprint density at radius 3 is 2.57 bits per heavy atom. The van der Waals surface area contributed by atoms with E-state index in [1.165, 1.54) is 24.0 Å². The first-order valence-electron chi connectivity index (χ1n) is 8.22. The van der Waals surface area contributed by atoms with Crippen molar-refractivity contribution < 1.29 is 4.84 Å². The normalized spacial score (nSPS) is 39.2. The van der Waals surface area contributed by atoms with Crippen LogP contribution in [0.3, 0.4) is 0 Å². The van der Waals surface area contributed by atoms with Crippen LogP contribution in [0, 0.1) is 18.8 Å². The number of aryl methyl sites for hydroxylation is 1. The minimum atomic E-state index is -0.0564. The third-order valence-electron chi connectivity index (χ3n) is 5.85. The third kappa shape index (κ3) is 2.43. The standard InChI is InChI=1S/C19H29NO/c1-13-8-7-9-15(10-13)19(5)11-14(2)17-16(12-19)18(3,4)21-20(17)6/h7-10,14,16-17H,11-12H2,1-6H3. The Bertz CT molecular complexity index is 538. The fraction of sp³-hybridized carbons (Fsp3) is 0.684. The highest BCUT2D eigenvalue weighted by atomic mass is 16.7. The van der Waals surface area contributed by atoms with E-state index in [1.54, 1.807) is 0 Å². The maximum absolute atomic E-state index is 6.15. The van der Waals surface area contributed by atoms with Crippen LogP contribution >= 0.6 is 0 Å². The fourth-order valence-corrected chi connectivity index (χ4v) is 4.94. The maximum atomic E-state index is 6.15. The number of hydrogen-bond donors (Lipinski definition) is 0. The number of rotatable bonds is 1. The van der Waals surface area contributed by atoms with E-state index in [9.17, 15) is 0 Å². The van der Waals surface area contributed by atoms with Gasteiger partial charge in [0, 0.05) is 19.0 Å². The van der Waals surface area contributed by atoms with E-state index in [1.807, 2.05) is 0 Å². The molecule has 0 amide bonds. The Balaban J connectivity index is 1.97. The Morgan fingerprint density at radius 1 is 1.19 bits per heavy atom. The van der Waals surface area contributed by atoms with Crippen LogP contribution in [0.15, 0.2) is 24.3 Å². The van der Waals surface area contributed by atoms with Crippen LogP contribution in [0.25, 0.3) is 0 Å². The molecular formula is C19H29NO. The second kappa shape index (κ2) is 4.82. The molecule has 2 aliphatic rings. The third-order valence-corrected chi connectivity index (χ3v) is 5.85. The molecule has 2 fully saturated rings. The summed E-state index contributed by atoms with van der Waals surface area (Å²) < 4.78 is 0. The SMILES string of the molecule is Cc1cccc(C2(C)CC(C)C3C(C2)C(C)(C)ON3C)c1. The van der Waals surface area contributed by atoms with Crippen molar-refractivity contribution in [1.82, 2.24) is 5.06 Å². The molecule has 2 heteroatoms. The van der Waals surface area contributed by atoms with Crippen molar-refractivity contribution >= 4 is 0 Å². The van der Waals surface area contributed by atoms with Gasteiger partial charge in [-0.05, 0) is 50.5 Å². The van der Waals surface area contributed by atoms with Crippen LogP contribution in [-0.4, -0.2) is 23.8 Å². The zero-order valence-electron chi connectivity index (χ0n) is 14.3. The van der Waals surface area contributed by atoms with E-state index < -0.39 is 0 Å². The predicted molar refractivity (Wildman–Crippen MR) is 87.1 cm³/mol. The monoisotopic (exact) mass is 287 g/mol. The van der Waals surface area contributed by atoms with Crippen molar-refractivity contribution in [2.24, 2.45) is 11.8 Å². The number of hydroxylamine groups is 2. The summed E-state index contributed by atoms with van der Waals surface area (Å²) in [5.74, 6) is 1.25. The average molecular weight is 287 g/mol. The molecule has 0 bridgehead atoms. The van der Waals surface area contributed by atoms with Gasteiger partial charge in [0.1, 0.15) is 0 Å². The van der Waals surface area contributed by atoms with Gasteiger partial charge < -0.3 is 0 Å². The molecule has 0 aromatic heterocycles. The van der Waals surface area contributed by atoms with Gasteiger partial charge >= 0.3 is 0 Å². The lowest BCUT2D eigenvalue weighted by Crippen LogP contribution is -2.48. The lowest BCUT2D eigenvalue weighted by molar-refractivity contribution is -0.182. The highest BCUT2D eigenvalue weighted by molar-refractivity contribution is 5.30. The van der Waals surface area contributed by atoms with Crippen molar-refractivity contribution in [2.45, 2.75) is 64.5 Å². The van der Waals surface area contributed by atoms with Crippen molar-refractivity contribution in [3.63, 3.8) is 0 Å². The molecule has 0 N–H and O–H groups in total. The van der Waals surface area contributed by atoms with Crippen LogP contribution in [0.5, 0.6) is 0 Å². The van der Waals surface area contributed by atoms with Crippen molar-refractivity contribution in [3.05, 3.63) is 35.4 Å². The van der Waals surface area contributed by atoms with Gasteiger partial charge in [-0.1, -0.05) is 43.7 Å². The molecule has 1 saturated heterocycles. The zero-order chi connectivity index (χ0) is 15.4. The number of fused-ring (bicyclic) bond motifs is 1. The van der Waals surface area contributed by atoms with Gasteiger partial charge in [0.15, 0.2) is 0 Å². The van der Waals surface area contributed by atoms with E-state index in [4.69, 9.17) is 4.84 Å². The summed E-state index contributed by atoms with van der Waals surface area (Å²) >= 11 is 0. The quantitative estimate of drug-likeness (QED) is 0.762. The second-order valence-corrected chi connectivity index (χ2v) is 8.15. The van der Waals surface area contributed by atoms with Crippen LogP contribution < -0.4 is 0 Å². The second-order valence-electron chi connectivity index (χ2n) is 8.15.